The van der Waals surface area contributed by atoms with E-state index in [1.54, 1.807) is 18.2 Å². The molecule has 0 aromatic heterocycles. The van der Waals surface area contributed by atoms with Gasteiger partial charge in [-0.1, -0.05) is 65.7 Å². The van der Waals surface area contributed by atoms with E-state index >= 15 is 0 Å². The lowest BCUT2D eigenvalue weighted by Crippen LogP contribution is -2.34. The van der Waals surface area contributed by atoms with E-state index in [4.69, 9.17) is 28.9 Å². The molecule has 1 atom stereocenters. The molecule has 2 aromatic rings. The highest BCUT2D eigenvalue weighted by Crippen LogP contribution is 2.26. The molecule has 2 nitrogen and oxygen atoms in total. The number of Topliss-reactive ketones (excluding diaryl/α,β-unsaturated/α-hetero) is 1. The topological polar surface area (TPSA) is 43.1 Å². The summed E-state index contributed by atoms with van der Waals surface area (Å²) in [5.74, 6) is -0.0435. The minimum atomic E-state index is -0.535. The van der Waals surface area contributed by atoms with Crippen molar-refractivity contribution in [3.8, 4) is 0 Å². The third-order valence-electron chi connectivity index (χ3n) is 3.11. The predicted molar refractivity (Wildman–Crippen MR) is 83.3 cm³/mol. The standard InChI is InChI=1S/C16H15Cl2NO/c17-13-8-4-7-12(16(13)18)10-15(20)14(19)9-11-5-2-1-3-6-11/h1-8,14H,9-10,19H2. The van der Waals surface area contributed by atoms with Gasteiger partial charge in [-0.2, -0.15) is 0 Å². The molecule has 0 amide bonds. The molecule has 2 aromatic carbocycles. The van der Waals surface area contributed by atoms with Crippen LogP contribution in [-0.2, 0) is 17.6 Å². The molecule has 0 radical (unpaired) electrons. The van der Waals surface area contributed by atoms with Crippen LogP contribution in [0.1, 0.15) is 11.1 Å². The molecule has 0 saturated heterocycles. The van der Waals surface area contributed by atoms with Crippen LogP contribution in [0.5, 0.6) is 0 Å². The van der Waals surface area contributed by atoms with Gasteiger partial charge in [0.25, 0.3) is 0 Å². The third-order valence-corrected chi connectivity index (χ3v) is 3.97. The Morgan fingerprint density at radius 3 is 2.45 bits per heavy atom. The minimum Gasteiger partial charge on any atom is -0.321 e. The van der Waals surface area contributed by atoms with Crippen LogP contribution in [0.4, 0.5) is 0 Å². The molecule has 0 saturated carbocycles. The van der Waals surface area contributed by atoms with Crippen molar-refractivity contribution in [2.45, 2.75) is 18.9 Å². The zero-order chi connectivity index (χ0) is 14.5. The van der Waals surface area contributed by atoms with E-state index in [0.29, 0.717) is 22.0 Å². The van der Waals surface area contributed by atoms with Crippen LogP contribution in [0.3, 0.4) is 0 Å². The van der Waals surface area contributed by atoms with E-state index in [1.807, 2.05) is 30.3 Å². The van der Waals surface area contributed by atoms with Gasteiger partial charge in [-0.3, -0.25) is 4.79 Å². The monoisotopic (exact) mass is 307 g/mol. The number of ketones is 1. The van der Waals surface area contributed by atoms with Gasteiger partial charge < -0.3 is 5.73 Å². The second-order valence-corrected chi connectivity index (χ2v) is 5.44. The Balaban J connectivity index is 2.03. The summed E-state index contributed by atoms with van der Waals surface area (Å²) in [7, 11) is 0. The Morgan fingerprint density at radius 1 is 1.05 bits per heavy atom. The van der Waals surface area contributed by atoms with Gasteiger partial charge in [0.1, 0.15) is 0 Å². The lowest BCUT2D eigenvalue weighted by molar-refractivity contribution is -0.119. The van der Waals surface area contributed by atoms with E-state index in [0.717, 1.165) is 5.56 Å². The summed E-state index contributed by atoms with van der Waals surface area (Å²) in [6, 6.07) is 14.4. The molecular weight excluding hydrogens is 293 g/mol. The highest BCUT2D eigenvalue weighted by atomic mass is 35.5. The molecule has 20 heavy (non-hydrogen) atoms. The summed E-state index contributed by atoms with van der Waals surface area (Å²) in [5.41, 5.74) is 7.72. The van der Waals surface area contributed by atoms with E-state index in [2.05, 4.69) is 0 Å². The summed E-state index contributed by atoms with van der Waals surface area (Å²) >= 11 is 12.0. The molecule has 4 heteroatoms. The first-order chi connectivity index (χ1) is 9.58. The number of hydrogen-bond acceptors (Lipinski definition) is 2. The molecule has 1 unspecified atom stereocenters. The lowest BCUT2D eigenvalue weighted by atomic mass is 9.98. The van der Waals surface area contributed by atoms with E-state index < -0.39 is 6.04 Å². The molecule has 0 aliphatic rings. The summed E-state index contributed by atoms with van der Waals surface area (Å²) in [4.78, 5) is 12.2. The fourth-order valence-electron chi connectivity index (χ4n) is 1.99. The third kappa shape index (κ3) is 3.83. The average molecular weight is 308 g/mol. The van der Waals surface area contributed by atoms with Crippen molar-refractivity contribution in [1.29, 1.82) is 0 Å². The van der Waals surface area contributed by atoms with E-state index in [9.17, 15) is 4.79 Å². The van der Waals surface area contributed by atoms with E-state index in [-0.39, 0.29) is 12.2 Å². The maximum absolute atomic E-state index is 12.2. The fraction of sp³-hybridized carbons (Fsp3) is 0.188. The number of carbonyl (C=O) groups excluding carboxylic acids is 1. The molecule has 0 bridgehead atoms. The van der Waals surface area contributed by atoms with Crippen LogP contribution in [0.25, 0.3) is 0 Å². The number of benzene rings is 2. The smallest absolute Gasteiger partial charge is 0.154 e. The second kappa shape index (κ2) is 6.89. The maximum atomic E-state index is 12.2. The van der Waals surface area contributed by atoms with Crippen molar-refractivity contribution >= 4 is 29.0 Å². The highest BCUT2D eigenvalue weighted by Gasteiger charge is 2.16. The van der Waals surface area contributed by atoms with Gasteiger partial charge in [-0.05, 0) is 23.6 Å². The van der Waals surface area contributed by atoms with Crippen molar-refractivity contribution in [3.05, 3.63) is 69.7 Å². The van der Waals surface area contributed by atoms with Crippen LogP contribution in [0.2, 0.25) is 10.0 Å². The Bertz CT molecular complexity index is 599. The number of hydrogen-bond donors (Lipinski definition) is 1. The molecule has 0 heterocycles. The Labute approximate surface area is 128 Å². The number of nitrogens with two attached hydrogens (primary N) is 1. The largest absolute Gasteiger partial charge is 0.321 e. The Morgan fingerprint density at radius 2 is 1.75 bits per heavy atom. The molecule has 0 spiro atoms. The number of halogens is 2. The molecule has 2 N–H and O–H groups in total. The van der Waals surface area contributed by atoms with Crippen molar-refractivity contribution in [2.75, 3.05) is 0 Å². The van der Waals surface area contributed by atoms with Crippen LogP contribution < -0.4 is 5.73 Å². The second-order valence-electron chi connectivity index (χ2n) is 4.65. The first-order valence-electron chi connectivity index (χ1n) is 6.33. The number of rotatable bonds is 5. The van der Waals surface area contributed by atoms with Gasteiger partial charge in [0.05, 0.1) is 16.1 Å². The zero-order valence-corrected chi connectivity index (χ0v) is 12.4. The predicted octanol–water partition coefficient (Wildman–Crippen LogP) is 3.68. The van der Waals surface area contributed by atoms with Crippen LogP contribution in [0, 0.1) is 0 Å². The van der Waals surface area contributed by atoms with Crippen LogP contribution in [0.15, 0.2) is 48.5 Å². The van der Waals surface area contributed by atoms with Gasteiger partial charge in [0.15, 0.2) is 5.78 Å². The molecule has 0 aliphatic carbocycles. The van der Waals surface area contributed by atoms with Gasteiger partial charge in [-0.15, -0.1) is 0 Å². The van der Waals surface area contributed by atoms with Crippen molar-refractivity contribution in [1.82, 2.24) is 0 Å². The number of carbonyl (C=O) groups is 1. The quantitative estimate of drug-likeness (QED) is 0.915. The fourth-order valence-corrected chi connectivity index (χ4v) is 2.37. The van der Waals surface area contributed by atoms with Crippen molar-refractivity contribution < 1.29 is 4.79 Å². The lowest BCUT2D eigenvalue weighted by Gasteiger charge is -2.12. The zero-order valence-electron chi connectivity index (χ0n) is 10.9. The molecule has 0 aliphatic heterocycles. The Hall–Kier alpha value is -1.35. The molecule has 0 fully saturated rings. The van der Waals surface area contributed by atoms with Gasteiger partial charge in [0, 0.05) is 6.42 Å². The Kier molecular flexibility index (Phi) is 5.18. The molecule has 2 rings (SSSR count). The van der Waals surface area contributed by atoms with Crippen LogP contribution >= 0.6 is 23.2 Å². The van der Waals surface area contributed by atoms with Gasteiger partial charge >= 0.3 is 0 Å². The summed E-state index contributed by atoms with van der Waals surface area (Å²) in [5, 5.41) is 0.878. The minimum absolute atomic E-state index is 0.0435. The summed E-state index contributed by atoms with van der Waals surface area (Å²) in [6.45, 7) is 0. The van der Waals surface area contributed by atoms with Gasteiger partial charge in [0.2, 0.25) is 0 Å². The first kappa shape index (κ1) is 15.0. The molecule has 104 valence electrons. The average Bonchev–Trinajstić information content (AvgIpc) is 2.45. The van der Waals surface area contributed by atoms with E-state index in [1.165, 1.54) is 0 Å². The van der Waals surface area contributed by atoms with Gasteiger partial charge in [-0.25, -0.2) is 0 Å². The first-order valence-corrected chi connectivity index (χ1v) is 7.08. The van der Waals surface area contributed by atoms with Crippen molar-refractivity contribution in [3.63, 3.8) is 0 Å². The summed E-state index contributed by atoms with van der Waals surface area (Å²) < 4.78 is 0. The van der Waals surface area contributed by atoms with Crippen molar-refractivity contribution in [2.24, 2.45) is 5.73 Å². The summed E-state index contributed by atoms with van der Waals surface area (Å²) in [6.07, 6.45) is 0.727. The molecular formula is C16H15Cl2NO. The maximum Gasteiger partial charge on any atom is 0.154 e. The SMILES string of the molecule is NC(Cc1ccccc1)C(=O)Cc1cccc(Cl)c1Cl. The normalized spacial score (nSPS) is 12.2. The highest BCUT2D eigenvalue weighted by molar-refractivity contribution is 6.42. The van der Waals surface area contributed by atoms with Crippen LogP contribution in [-0.4, -0.2) is 11.8 Å².